The Bertz CT molecular complexity index is 936. The van der Waals surface area contributed by atoms with Crippen LogP contribution >= 0.6 is 0 Å². The number of hydrogen-bond donors (Lipinski definition) is 0. The molecule has 1 aromatic carbocycles. The molecule has 27 heavy (non-hydrogen) atoms. The third-order valence-corrected chi connectivity index (χ3v) is 5.95. The van der Waals surface area contributed by atoms with Crippen LogP contribution in [0.2, 0.25) is 0 Å². The molecule has 12 heteroatoms. The number of nitrogens with zero attached hydrogens (tertiary/aromatic N) is 4. The lowest BCUT2D eigenvalue weighted by atomic mass is 10.0. The van der Waals surface area contributed by atoms with Crippen LogP contribution in [0.4, 0.5) is 24.5 Å². The third kappa shape index (κ3) is 3.61. The quantitative estimate of drug-likeness (QED) is 0.574. The molecule has 1 aromatic heterocycles. The van der Waals surface area contributed by atoms with Gasteiger partial charge in [-0.15, -0.1) is 0 Å². The van der Waals surface area contributed by atoms with Gasteiger partial charge in [-0.25, -0.2) is 8.42 Å². The average Bonchev–Trinajstić information content (AvgIpc) is 3.15. The maximum atomic E-state index is 12.7. The summed E-state index contributed by atoms with van der Waals surface area (Å²) in [6.07, 6.45) is 4.75. The lowest BCUT2D eigenvalue weighted by Crippen LogP contribution is -2.35. The minimum absolute atomic E-state index is 0.0973. The zero-order chi connectivity index (χ0) is 19.8. The molecule has 1 saturated heterocycles. The van der Waals surface area contributed by atoms with Gasteiger partial charge in [0.05, 0.1) is 15.9 Å². The number of nitro groups is 1. The highest BCUT2D eigenvalue weighted by atomic mass is 32.2. The maximum Gasteiger partial charge on any atom is 0.501 e. The van der Waals surface area contributed by atoms with Gasteiger partial charge in [0.15, 0.2) is 0 Å². The third-order valence-electron chi connectivity index (χ3n) is 4.46. The minimum atomic E-state index is -5.65. The Labute approximate surface area is 152 Å². The number of aromatic nitrogens is 2. The molecule has 0 unspecified atom stereocenters. The van der Waals surface area contributed by atoms with Gasteiger partial charge in [0, 0.05) is 31.5 Å². The van der Waals surface area contributed by atoms with Crippen molar-refractivity contribution < 1.29 is 26.5 Å². The van der Waals surface area contributed by atoms with Gasteiger partial charge < -0.3 is 4.90 Å². The number of benzene rings is 1. The SMILES string of the molecule is O=[N+]([O-])c1cc(S(=O)(=O)C(F)(F)F)ccc1N1CCC(n2cccn2)CC1. The van der Waals surface area contributed by atoms with Crippen molar-refractivity contribution in [1.82, 2.24) is 9.78 Å². The van der Waals surface area contributed by atoms with Crippen molar-refractivity contribution in [2.24, 2.45) is 0 Å². The second kappa shape index (κ2) is 6.83. The highest BCUT2D eigenvalue weighted by molar-refractivity contribution is 7.92. The molecule has 8 nitrogen and oxygen atoms in total. The zero-order valence-electron chi connectivity index (χ0n) is 13.8. The molecular weight excluding hydrogens is 389 g/mol. The van der Waals surface area contributed by atoms with Crippen molar-refractivity contribution in [2.75, 3.05) is 18.0 Å². The molecule has 0 bridgehead atoms. The standard InChI is InChI=1S/C15H15F3N4O4S/c16-15(17,18)27(25,26)12-2-3-13(14(10-12)22(23)24)20-8-4-11(5-9-20)21-7-1-6-19-21/h1-3,6-7,10-11H,4-5,8-9H2. The predicted molar refractivity (Wildman–Crippen MR) is 89.0 cm³/mol. The number of piperidine rings is 1. The smallest absolute Gasteiger partial charge is 0.366 e. The Balaban J connectivity index is 1.87. The van der Waals surface area contributed by atoms with Crippen LogP contribution in [-0.4, -0.2) is 41.7 Å². The van der Waals surface area contributed by atoms with E-state index in [2.05, 4.69) is 5.10 Å². The van der Waals surface area contributed by atoms with Crippen LogP contribution < -0.4 is 4.90 Å². The summed E-state index contributed by atoms with van der Waals surface area (Å²) in [4.78, 5) is 11.0. The normalized spacial score (nSPS) is 16.5. The number of alkyl halides is 3. The van der Waals surface area contributed by atoms with E-state index < -0.39 is 30.9 Å². The van der Waals surface area contributed by atoms with Crippen LogP contribution in [-0.2, 0) is 9.84 Å². The summed E-state index contributed by atoms with van der Waals surface area (Å²) >= 11 is 0. The number of rotatable bonds is 4. The molecule has 3 rings (SSSR count). The Morgan fingerprint density at radius 1 is 1.22 bits per heavy atom. The molecule has 0 atom stereocenters. The van der Waals surface area contributed by atoms with Crippen LogP contribution in [0.3, 0.4) is 0 Å². The summed E-state index contributed by atoms with van der Waals surface area (Å²) in [7, 11) is -5.65. The van der Waals surface area contributed by atoms with Gasteiger partial charge in [-0.3, -0.25) is 14.8 Å². The first-order valence-electron chi connectivity index (χ1n) is 7.95. The topological polar surface area (TPSA) is 98.3 Å². The number of anilines is 1. The Kier molecular flexibility index (Phi) is 4.84. The summed E-state index contributed by atoms with van der Waals surface area (Å²) in [6.45, 7) is 0.855. The van der Waals surface area contributed by atoms with Crippen molar-refractivity contribution in [3.05, 3.63) is 46.8 Å². The van der Waals surface area contributed by atoms with Crippen molar-refractivity contribution in [1.29, 1.82) is 0 Å². The molecule has 146 valence electrons. The largest absolute Gasteiger partial charge is 0.501 e. The first-order valence-corrected chi connectivity index (χ1v) is 9.43. The molecule has 2 heterocycles. The van der Waals surface area contributed by atoms with Crippen molar-refractivity contribution >= 4 is 21.2 Å². The predicted octanol–water partition coefficient (Wildman–Crippen LogP) is 2.93. The van der Waals surface area contributed by atoms with Crippen LogP contribution in [0.1, 0.15) is 18.9 Å². The van der Waals surface area contributed by atoms with E-state index in [1.165, 1.54) is 0 Å². The molecule has 0 N–H and O–H groups in total. The monoisotopic (exact) mass is 404 g/mol. The summed E-state index contributed by atoms with van der Waals surface area (Å²) < 4.78 is 63.0. The zero-order valence-corrected chi connectivity index (χ0v) is 14.7. The average molecular weight is 404 g/mol. The Hall–Kier alpha value is -2.63. The highest BCUT2D eigenvalue weighted by Crippen LogP contribution is 2.37. The molecule has 1 aliphatic rings. The fraction of sp³-hybridized carbons (Fsp3) is 0.400. The first-order chi connectivity index (χ1) is 12.6. The van der Waals surface area contributed by atoms with E-state index in [0.29, 0.717) is 32.0 Å². The highest BCUT2D eigenvalue weighted by Gasteiger charge is 2.47. The number of sulfone groups is 1. The lowest BCUT2D eigenvalue weighted by Gasteiger charge is -2.33. The van der Waals surface area contributed by atoms with E-state index in [-0.39, 0.29) is 11.7 Å². The second-order valence-corrected chi connectivity index (χ2v) is 8.00. The fourth-order valence-corrected chi connectivity index (χ4v) is 3.87. The molecule has 0 aliphatic carbocycles. The lowest BCUT2D eigenvalue weighted by molar-refractivity contribution is -0.384. The number of nitro benzene ring substituents is 1. The van der Waals surface area contributed by atoms with E-state index in [1.807, 2.05) is 6.20 Å². The summed E-state index contributed by atoms with van der Waals surface area (Å²) in [5.41, 5.74) is -6.09. The molecule has 1 aliphatic heterocycles. The van der Waals surface area contributed by atoms with E-state index >= 15 is 0 Å². The molecule has 0 radical (unpaired) electrons. The maximum absolute atomic E-state index is 12.7. The molecule has 0 saturated carbocycles. The van der Waals surface area contributed by atoms with Crippen LogP contribution in [0.5, 0.6) is 0 Å². The molecule has 0 spiro atoms. The Morgan fingerprint density at radius 2 is 1.89 bits per heavy atom. The van der Waals surface area contributed by atoms with Crippen molar-refractivity contribution in [3.63, 3.8) is 0 Å². The van der Waals surface area contributed by atoms with E-state index in [1.54, 1.807) is 21.8 Å². The summed E-state index contributed by atoms with van der Waals surface area (Å²) in [5.74, 6) is 0. The van der Waals surface area contributed by atoms with Gasteiger partial charge in [-0.05, 0) is 31.0 Å². The molecule has 2 aromatic rings. The van der Waals surface area contributed by atoms with Crippen molar-refractivity contribution in [3.8, 4) is 0 Å². The molecule has 0 amide bonds. The van der Waals surface area contributed by atoms with Crippen LogP contribution in [0.15, 0.2) is 41.6 Å². The van der Waals surface area contributed by atoms with Gasteiger partial charge in [0.2, 0.25) is 0 Å². The molecular formula is C15H15F3N4O4S. The minimum Gasteiger partial charge on any atom is -0.366 e. The van der Waals surface area contributed by atoms with Crippen LogP contribution in [0, 0.1) is 10.1 Å². The first kappa shape index (κ1) is 19.1. The van der Waals surface area contributed by atoms with Gasteiger partial charge in [0.25, 0.3) is 15.5 Å². The van der Waals surface area contributed by atoms with Crippen molar-refractivity contribution in [2.45, 2.75) is 29.3 Å². The summed E-state index contributed by atoms with van der Waals surface area (Å²) in [5, 5.41) is 15.5. The van der Waals surface area contributed by atoms with Gasteiger partial charge in [-0.2, -0.15) is 18.3 Å². The van der Waals surface area contributed by atoms with Gasteiger partial charge in [-0.1, -0.05) is 0 Å². The van der Waals surface area contributed by atoms with E-state index in [0.717, 1.165) is 12.1 Å². The van der Waals surface area contributed by atoms with Crippen LogP contribution in [0.25, 0.3) is 0 Å². The van der Waals surface area contributed by atoms with E-state index in [9.17, 15) is 31.7 Å². The molecule has 1 fully saturated rings. The number of hydrogen-bond acceptors (Lipinski definition) is 6. The fourth-order valence-electron chi connectivity index (χ4n) is 3.09. The van der Waals surface area contributed by atoms with Gasteiger partial charge in [0.1, 0.15) is 5.69 Å². The summed E-state index contributed by atoms with van der Waals surface area (Å²) in [6, 6.07) is 4.20. The van der Waals surface area contributed by atoms with Gasteiger partial charge >= 0.3 is 5.51 Å². The Morgan fingerprint density at radius 3 is 2.41 bits per heavy atom. The second-order valence-electron chi connectivity index (χ2n) is 6.06. The number of halogens is 3. The van der Waals surface area contributed by atoms with E-state index in [4.69, 9.17) is 0 Å².